The van der Waals surface area contributed by atoms with E-state index in [9.17, 15) is 9.18 Å². The Labute approximate surface area is 125 Å². The fourth-order valence-corrected chi connectivity index (χ4v) is 3.80. The second kappa shape index (κ2) is 5.76. The topological polar surface area (TPSA) is 32.3 Å². The summed E-state index contributed by atoms with van der Waals surface area (Å²) in [6, 6.07) is 4.81. The van der Waals surface area contributed by atoms with Crippen molar-refractivity contribution in [3.05, 3.63) is 29.6 Å². The van der Waals surface area contributed by atoms with Crippen molar-refractivity contribution in [3.8, 4) is 0 Å². The number of carbonyl (C=O) groups excluding carboxylic acids is 1. The molecule has 0 aromatic heterocycles. The van der Waals surface area contributed by atoms with Crippen molar-refractivity contribution in [3.63, 3.8) is 0 Å². The van der Waals surface area contributed by atoms with Crippen LogP contribution in [0.25, 0.3) is 0 Å². The van der Waals surface area contributed by atoms with Crippen LogP contribution < -0.4 is 10.2 Å². The fourth-order valence-electron chi connectivity index (χ4n) is 3.80. The van der Waals surface area contributed by atoms with Crippen LogP contribution in [0, 0.1) is 11.2 Å². The maximum absolute atomic E-state index is 13.5. The third-order valence-corrected chi connectivity index (χ3v) is 4.93. The van der Waals surface area contributed by atoms with Crippen LogP contribution in [0.3, 0.4) is 0 Å². The Morgan fingerprint density at radius 3 is 2.86 bits per heavy atom. The van der Waals surface area contributed by atoms with Gasteiger partial charge in [-0.1, -0.05) is 19.4 Å². The number of nitrogens with one attached hydrogen (secondary N) is 1. The van der Waals surface area contributed by atoms with Crippen LogP contribution in [0.1, 0.15) is 38.2 Å². The molecule has 3 rings (SSSR count). The molecule has 3 nitrogen and oxygen atoms in total. The molecule has 2 aliphatic rings. The van der Waals surface area contributed by atoms with E-state index in [4.69, 9.17) is 0 Å². The van der Waals surface area contributed by atoms with E-state index in [-0.39, 0.29) is 17.1 Å². The van der Waals surface area contributed by atoms with Crippen LogP contribution in [0.2, 0.25) is 0 Å². The number of nitrogens with zero attached hydrogens (tertiary/aromatic N) is 1. The SMILES string of the molecule is CCCC1(C(=O)N2CCc3ccc(F)cc32)CCNCC1. The van der Waals surface area contributed by atoms with Crippen LogP contribution in [-0.2, 0) is 11.2 Å². The first-order valence-electron chi connectivity index (χ1n) is 7.97. The second-order valence-corrected chi connectivity index (χ2v) is 6.26. The largest absolute Gasteiger partial charge is 0.317 e. The Bertz CT molecular complexity index is 532. The van der Waals surface area contributed by atoms with Crippen LogP contribution in [0.4, 0.5) is 10.1 Å². The molecule has 1 N–H and O–H groups in total. The summed E-state index contributed by atoms with van der Waals surface area (Å²) in [4.78, 5) is 15.0. The molecule has 1 amide bonds. The molecule has 1 aromatic rings. The Morgan fingerprint density at radius 1 is 1.38 bits per heavy atom. The number of rotatable bonds is 3. The van der Waals surface area contributed by atoms with Gasteiger partial charge < -0.3 is 10.2 Å². The standard InChI is InChI=1S/C17H23FN2O/c1-2-6-17(7-9-19-10-8-17)16(21)20-11-5-13-3-4-14(18)12-15(13)20/h3-4,12,19H,2,5-11H2,1H3. The fraction of sp³-hybridized carbons (Fsp3) is 0.588. The number of fused-ring (bicyclic) bond motifs is 1. The second-order valence-electron chi connectivity index (χ2n) is 6.26. The molecule has 0 bridgehead atoms. The van der Waals surface area contributed by atoms with Crippen molar-refractivity contribution in [2.45, 2.75) is 39.0 Å². The van der Waals surface area contributed by atoms with Crippen molar-refractivity contribution in [1.82, 2.24) is 5.32 Å². The normalized spacial score (nSPS) is 20.4. The number of amides is 1. The van der Waals surface area contributed by atoms with Gasteiger partial charge in [-0.2, -0.15) is 0 Å². The van der Waals surface area contributed by atoms with E-state index in [2.05, 4.69) is 12.2 Å². The van der Waals surface area contributed by atoms with Crippen molar-refractivity contribution < 1.29 is 9.18 Å². The predicted molar refractivity (Wildman–Crippen MR) is 81.9 cm³/mol. The number of hydrogen-bond acceptors (Lipinski definition) is 2. The quantitative estimate of drug-likeness (QED) is 0.928. The monoisotopic (exact) mass is 290 g/mol. The predicted octanol–water partition coefficient (Wildman–Crippen LogP) is 2.88. The average molecular weight is 290 g/mol. The lowest BCUT2D eigenvalue weighted by molar-refractivity contribution is -0.130. The number of benzene rings is 1. The van der Waals surface area contributed by atoms with Crippen LogP contribution in [0.5, 0.6) is 0 Å². The maximum atomic E-state index is 13.5. The van der Waals surface area contributed by atoms with Crippen LogP contribution in [-0.4, -0.2) is 25.5 Å². The molecule has 0 atom stereocenters. The van der Waals surface area contributed by atoms with Gasteiger partial charge in [-0.05, 0) is 56.5 Å². The lowest BCUT2D eigenvalue weighted by Crippen LogP contribution is -2.49. The number of carbonyl (C=O) groups is 1. The van der Waals surface area contributed by atoms with E-state index < -0.39 is 0 Å². The van der Waals surface area contributed by atoms with Gasteiger partial charge in [-0.25, -0.2) is 4.39 Å². The Hall–Kier alpha value is -1.42. The highest BCUT2D eigenvalue weighted by Crippen LogP contribution is 2.40. The number of halogens is 1. The van der Waals surface area contributed by atoms with Gasteiger partial charge in [0.2, 0.25) is 5.91 Å². The van der Waals surface area contributed by atoms with Crippen molar-refractivity contribution in [1.29, 1.82) is 0 Å². The van der Waals surface area contributed by atoms with E-state index in [0.29, 0.717) is 6.54 Å². The Balaban J connectivity index is 1.90. The molecule has 21 heavy (non-hydrogen) atoms. The molecule has 0 unspecified atom stereocenters. The molecule has 0 radical (unpaired) electrons. The van der Waals surface area contributed by atoms with Crippen molar-refractivity contribution in [2.24, 2.45) is 5.41 Å². The molecule has 2 heterocycles. The number of piperidine rings is 1. The third-order valence-electron chi connectivity index (χ3n) is 4.93. The number of hydrogen-bond donors (Lipinski definition) is 1. The van der Waals surface area contributed by atoms with Gasteiger partial charge in [0.05, 0.1) is 5.41 Å². The van der Waals surface area contributed by atoms with Crippen LogP contribution in [0.15, 0.2) is 18.2 Å². The molecule has 4 heteroatoms. The molecule has 2 aliphatic heterocycles. The lowest BCUT2D eigenvalue weighted by Gasteiger charge is -2.39. The van der Waals surface area contributed by atoms with E-state index in [0.717, 1.165) is 56.4 Å². The molecule has 114 valence electrons. The van der Waals surface area contributed by atoms with Crippen molar-refractivity contribution >= 4 is 11.6 Å². The highest BCUT2D eigenvalue weighted by molar-refractivity contribution is 5.99. The van der Waals surface area contributed by atoms with Crippen molar-refractivity contribution in [2.75, 3.05) is 24.5 Å². The molecular formula is C17H23FN2O. The molecule has 1 fully saturated rings. The van der Waals surface area contributed by atoms with Gasteiger partial charge >= 0.3 is 0 Å². The molecule has 0 aliphatic carbocycles. The smallest absolute Gasteiger partial charge is 0.233 e. The zero-order valence-corrected chi connectivity index (χ0v) is 12.6. The minimum Gasteiger partial charge on any atom is -0.317 e. The molecule has 1 saturated heterocycles. The number of anilines is 1. The van der Waals surface area contributed by atoms with Gasteiger partial charge in [0, 0.05) is 12.2 Å². The summed E-state index contributed by atoms with van der Waals surface area (Å²) in [5.74, 6) is -0.0569. The highest BCUT2D eigenvalue weighted by Gasteiger charge is 2.43. The summed E-state index contributed by atoms with van der Waals surface area (Å²) < 4.78 is 13.5. The molecular weight excluding hydrogens is 267 g/mol. The minimum atomic E-state index is -0.261. The first-order valence-corrected chi connectivity index (χ1v) is 7.97. The van der Waals surface area contributed by atoms with E-state index >= 15 is 0 Å². The van der Waals surface area contributed by atoms with E-state index in [1.165, 1.54) is 12.1 Å². The third kappa shape index (κ3) is 2.57. The van der Waals surface area contributed by atoms with Gasteiger partial charge in [0.15, 0.2) is 0 Å². The van der Waals surface area contributed by atoms with Gasteiger partial charge in [0.1, 0.15) is 5.82 Å². The summed E-state index contributed by atoms with van der Waals surface area (Å²) in [5, 5.41) is 3.34. The summed E-state index contributed by atoms with van der Waals surface area (Å²) >= 11 is 0. The minimum absolute atomic E-state index is 0.204. The molecule has 0 saturated carbocycles. The van der Waals surface area contributed by atoms with E-state index in [1.54, 1.807) is 0 Å². The zero-order valence-electron chi connectivity index (χ0n) is 12.6. The summed E-state index contributed by atoms with van der Waals surface area (Å²) in [6.07, 6.45) is 4.55. The first-order chi connectivity index (χ1) is 10.2. The van der Waals surface area contributed by atoms with Gasteiger partial charge in [0.25, 0.3) is 0 Å². The van der Waals surface area contributed by atoms with Gasteiger partial charge in [-0.15, -0.1) is 0 Å². The van der Waals surface area contributed by atoms with Crippen LogP contribution >= 0.6 is 0 Å². The molecule has 1 aromatic carbocycles. The molecule has 0 spiro atoms. The summed E-state index contributed by atoms with van der Waals surface area (Å²) in [5.41, 5.74) is 1.62. The first kappa shape index (κ1) is 14.5. The van der Waals surface area contributed by atoms with E-state index in [1.807, 2.05) is 11.0 Å². The maximum Gasteiger partial charge on any atom is 0.233 e. The zero-order chi connectivity index (χ0) is 14.9. The Kier molecular flexibility index (Phi) is 3.98. The Morgan fingerprint density at radius 2 is 2.14 bits per heavy atom. The highest BCUT2D eigenvalue weighted by atomic mass is 19.1. The summed E-state index contributed by atoms with van der Waals surface area (Å²) in [7, 11) is 0. The average Bonchev–Trinajstić information content (AvgIpc) is 2.90. The summed E-state index contributed by atoms with van der Waals surface area (Å²) in [6.45, 7) is 4.62. The lowest BCUT2D eigenvalue weighted by atomic mass is 9.74. The van der Waals surface area contributed by atoms with Gasteiger partial charge in [-0.3, -0.25) is 4.79 Å².